The van der Waals surface area contributed by atoms with E-state index in [1.165, 1.54) is 44.1 Å². The van der Waals surface area contributed by atoms with Gasteiger partial charge in [0.15, 0.2) is 0 Å². The molecule has 0 bridgehead atoms. The number of ether oxygens (including phenoxy) is 1. The molecular formula is C17H25ClO. The Bertz CT molecular complexity index is 352. The number of rotatable bonds is 6. The summed E-state index contributed by atoms with van der Waals surface area (Å²) in [6.45, 7) is 3.86. The third-order valence-corrected chi connectivity index (χ3v) is 4.55. The Hall–Kier alpha value is -0.530. The number of halogens is 1. The molecule has 0 spiro atoms. The van der Waals surface area contributed by atoms with Gasteiger partial charge in [-0.2, -0.15) is 0 Å². The van der Waals surface area contributed by atoms with E-state index in [0.717, 1.165) is 30.1 Å². The second-order valence-electron chi connectivity index (χ2n) is 5.61. The van der Waals surface area contributed by atoms with Gasteiger partial charge in [0, 0.05) is 18.2 Å². The Balaban J connectivity index is 1.71. The lowest BCUT2D eigenvalue weighted by molar-refractivity contribution is 0.136. The van der Waals surface area contributed by atoms with Crippen molar-refractivity contribution >= 4 is 11.6 Å². The summed E-state index contributed by atoms with van der Waals surface area (Å²) in [7, 11) is 0. The molecule has 1 aliphatic rings. The summed E-state index contributed by atoms with van der Waals surface area (Å²) in [4.78, 5) is 0. The standard InChI is InChI=1S/C17H25ClO/c1-2-19-13-3-4-14-5-7-15(8-6-14)16-9-11-17(18)12-10-16/h9-12,14-15H,2-8,13H2,1H3/t14-,15-. The molecule has 0 heterocycles. The second kappa shape index (κ2) is 7.91. The fourth-order valence-electron chi connectivity index (χ4n) is 3.14. The van der Waals surface area contributed by atoms with Gasteiger partial charge in [-0.3, -0.25) is 0 Å². The summed E-state index contributed by atoms with van der Waals surface area (Å²) in [6.07, 6.45) is 7.98. The molecule has 0 aromatic heterocycles. The zero-order valence-corrected chi connectivity index (χ0v) is 12.7. The molecule has 1 aromatic carbocycles. The third kappa shape index (κ3) is 4.81. The largest absolute Gasteiger partial charge is 0.382 e. The zero-order chi connectivity index (χ0) is 13.5. The van der Waals surface area contributed by atoms with Crippen LogP contribution in [0.15, 0.2) is 24.3 Å². The highest BCUT2D eigenvalue weighted by atomic mass is 35.5. The van der Waals surface area contributed by atoms with E-state index in [-0.39, 0.29) is 0 Å². The van der Waals surface area contributed by atoms with E-state index in [2.05, 4.69) is 19.1 Å². The van der Waals surface area contributed by atoms with Crippen LogP contribution in [-0.2, 0) is 4.74 Å². The van der Waals surface area contributed by atoms with Crippen molar-refractivity contribution in [3.63, 3.8) is 0 Å². The second-order valence-corrected chi connectivity index (χ2v) is 6.04. The first-order valence-corrected chi connectivity index (χ1v) is 8.00. The maximum atomic E-state index is 5.94. The van der Waals surface area contributed by atoms with Gasteiger partial charge in [-0.15, -0.1) is 0 Å². The van der Waals surface area contributed by atoms with Crippen molar-refractivity contribution in [2.45, 2.75) is 51.4 Å². The summed E-state index contributed by atoms with van der Waals surface area (Å²) >= 11 is 5.94. The summed E-state index contributed by atoms with van der Waals surface area (Å²) < 4.78 is 5.41. The van der Waals surface area contributed by atoms with Crippen molar-refractivity contribution in [2.75, 3.05) is 13.2 Å². The van der Waals surface area contributed by atoms with Crippen LogP contribution in [0, 0.1) is 5.92 Å². The van der Waals surface area contributed by atoms with Crippen LogP contribution < -0.4 is 0 Å². The lowest BCUT2D eigenvalue weighted by Crippen LogP contribution is -2.14. The fourth-order valence-corrected chi connectivity index (χ4v) is 3.26. The predicted molar refractivity (Wildman–Crippen MR) is 81.9 cm³/mol. The summed E-state index contributed by atoms with van der Waals surface area (Å²) in [5.74, 6) is 1.67. The van der Waals surface area contributed by atoms with E-state index in [1.807, 2.05) is 12.1 Å². The van der Waals surface area contributed by atoms with Crippen LogP contribution in [0.4, 0.5) is 0 Å². The number of hydrogen-bond donors (Lipinski definition) is 0. The molecule has 0 atom stereocenters. The van der Waals surface area contributed by atoms with Crippen LogP contribution in [0.2, 0.25) is 5.02 Å². The van der Waals surface area contributed by atoms with Crippen LogP contribution in [-0.4, -0.2) is 13.2 Å². The molecule has 106 valence electrons. The Kier molecular flexibility index (Phi) is 6.19. The Labute approximate surface area is 122 Å². The maximum absolute atomic E-state index is 5.94. The quantitative estimate of drug-likeness (QED) is 0.631. The van der Waals surface area contributed by atoms with Gasteiger partial charge in [0.2, 0.25) is 0 Å². The van der Waals surface area contributed by atoms with Crippen molar-refractivity contribution in [3.8, 4) is 0 Å². The van der Waals surface area contributed by atoms with Crippen molar-refractivity contribution in [3.05, 3.63) is 34.9 Å². The maximum Gasteiger partial charge on any atom is 0.0465 e. The lowest BCUT2D eigenvalue weighted by atomic mass is 9.77. The third-order valence-electron chi connectivity index (χ3n) is 4.29. The SMILES string of the molecule is CCOCCC[C@H]1CC[C@H](c2ccc(Cl)cc2)CC1. The molecule has 1 nitrogen and oxygen atoms in total. The molecule has 0 amide bonds. The first kappa shape index (κ1) is 14.9. The first-order chi connectivity index (χ1) is 9.29. The molecule has 1 saturated carbocycles. The van der Waals surface area contributed by atoms with Crippen LogP contribution >= 0.6 is 11.6 Å². The summed E-state index contributed by atoms with van der Waals surface area (Å²) in [6, 6.07) is 8.43. The molecule has 19 heavy (non-hydrogen) atoms. The molecule has 0 aliphatic heterocycles. The number of benzene rings is 1. The van der Waals surface area contributed by atoms with Crippen LogP contribution in [0.25, 0.3) is 0 Å². The predicted octanol–water partition coefficient (Wildman–Crippen LogP) is 5.43. The smallest absolute Gasteiger partial charge is 0.0465 e. The van der Waals surface area contributed by atoms with Gasteiger partial charge in [-0.05, 0) is 75.0 Å². The van der Waals surface area contributed by atoms with E-state index in [4.69, 9.17) is 16.3 Å². The van der Waals surface area contributed by atoms with Gasteiger partial charge < -0.3 is 4.74 Å². The average molecular weight is 281 g/mol. The van der Waals surface area contributed by atoms with E-state index in [1.54, 1.807) is 0 Å². The molecule has 0 unspecified atom stereocenters. The summed E-state index contributed by atoms with van der Waals surface area (Å²) in [5.41, 5.74) is 1.47. The topological polar surface area (TPSA) is 9.23 Å². The lowest BCUT2D eigenvalue weighted by Gasteiger charge is -2.28. The molecule has 0 saturated heterocycles. The van der Waals surface area contributed by atoms with Crippen LogP contribution in [0.1, 0.15) is 56.9 Å². The minimum Gasteiger partial charge on any atom is -0.382 e. The van der Waals surface area contributed by atoms with E-state index < -0.39 is 0 Å². The highest BCUT2D eigenvalue weighted by Gasteiger charge is 2.21. The number of hydrogen-bond acceptors (Lipinski definition) is 1. The average Bonchev–Trinajstić information content (AvgIpc) is 2.45. The van der Waals surface area contributed by atoms with E-state index in [0.29, 0.717) is 0 Å². The van der Waals surface area contributed by atoms with Crippen molar-refractivity contribution in [1.82, 2.24) is 0 Å². The molecular weight excluding hydrogens is 256 g/mol. The van der Waals surface area contributed by atoms with Gasteiger partial charge >= 0.3 is 0 Å². The minimum atomic E-state index is 0.750. The van der Waals surface area contributed by atoms with E-state index >= 15 is 0 Å². The summed E-state index contributed by atoms with van der Waals surface area (Å²) in [5, 5.41) is 0.841. The van der Waals surface area contributed by atoms with Gasteiger partial charge in [0.1, 0.15) is 0 Å². The first-order valence-electron chi connectivity index (χ1n) is 7.62. The fraction of sp³-hybridized carbons (Fsp3) is 0.647. The van der Waals surface area contributed by atoms with Crippen LogP contribution in [0.5, 0.6) is 0 Å². The van der Waals surface area contributed by atoms with Crippen LogP contribution in [0.3, 0.4) is 0 Å². The normalized spacial score (nSPS) is 23.5. The Morgan fingerprint density at radius 2 is 1.79 bits per heavy atom. The molecule has 1 aliphatic carbocycles. The highest BCUT2D eigenvalue weighted by molar-refractivity contribution is 6.30. The molecule has 2 heteroatoms. The Morgan fingerprint density at radius 1 is 1.11 bits per heavy atom. The van der Waals surface area contributed by atoms with Crippen molar-refractivity contribution in [1.29, 1.82) is 0 Å². The zero-order valence-electron chi connectivity index (χ0n) is 11.9. The van der Waals surface area contributed by atoms with Gasteiger partial charge in [0.25, 0.3) is 0 Å². The molecule has 2 rings (SSSR count). The molecule has 0 radical (unpaired) electrons. The highest BCUT2D eigenvalue weighted by Crippen LogP contribution is 2.37. The molecule has 1 fully saturated rings. The van der Waals surface area contributed by atoms with Crippen molar-refractivity contribution < 1.29 is 4.74 Å². The van der Waals surface area contributed by atoms with Crippen molar-refractivity contribution in [2.24, 2.45) is 5.92 Å². The Morgan fingerprint density at radius 3 is 2.42 bits per heavy atom. The monoisotopic (exact) mass is 280 g/mol. The minimum absolute atomic E-state index is 0.750. The molecule has 0 N–H and O–H groups in total. The van der Waals surface area contributed by atoms with Gasteiger partial charge in [-0.25, -0.2) is 0 Å². The van der Waals surface area contributed by atoms with Gasteiger partial charge in [-0.1, -0.05) is 23.7 Å². The van der Waals surface area contributed by atoms with Gasteiger partial charge in [0.05, 0.1) is 0 Å². The molecule has 1 aromatic rings. The van der Waals surface area contributed by atoms with E-state index in [9.17, 15) is 0 Å².